The molecule has 26 heavy (non-hydrogen) atoms. The third-order valence-corrected chi connectivity index (χ3v) is 4.56. The van der Waals surface area contributed by atoms with Gasteiger partial charge in [-0.3, -0.25) is 4.79 Å². The third-order valence-electron chi connectivity index (χ3n) is 4.12. The molecule has 4 N–H and O–H groups in total. The van der Waals surface area contributed by atoms with Crippen LogP contribution >= 0.6 is 23.2 Å². The van der Waals surface area contributed by atoms with Crippen molar-refractivity contribution in [1.29, 1.82) is 0 Å². The molecule has 1 aliphatic heterocycles. The molecule has 0 aliphatic carbocycles. The van der Waals surface area contributed by atoms with E-state index in [1.807, 2.05) is 4.90 Å². The second-order valence-electron chi connectivity index (χ2n) is 6.16. The van der Waals surface area contributed by atoms with Crippen LogP contribution < -0.4 is 16.4 Å². The van der Waals surface area contributed by atoms with E-state index in [4.69, 9.17) is 28.9 Å². The molecule has 1 atom stereocenters. The average Bonchev–Trinajstić information content (AvgIpc) is 2.59. The number of carbonyl (C=O) groups excluding carboxylic acids is 1. The van der Waals surface area contributed by atoms with Crippen LogP contribution in [0.1, 0.15) is 12.8 Å². The van der Waals surface area contributed by atoms with Gasteiger partial charge in [-0.15, -0.1) is 0 Å². The Bertz CT molecular complexity index is 767. The first kappa shape index (κ1) is 18.5. The number of nitrogens with one attached hydrogen (secondary N) is 2. The number of aromatic nitrogens is 2. The summed E-state index contributed by atoms with van der Waals surface area (Å²) >= 11 is 11.9. The fourth-order valence-electron chi connectivity index (χ4n) is 2.93. The zero-order chi connectivity index (χ0) is 18.5. The van der Waals surface area contributed by atoms with E-state index in [9.17, 15) is 4.79 Å². The molecule has 0 unspecified atom stereocenters. The number of hydrogen-bond donors (Lipinski definition) is 3. The van der Waals surface area contributed by atoms with Crippen LogP contribution in [-0.2, 0) is 4.79 Å². The molecule has 1 aromatic heterocycles. The van der Waals surface area contributed by atoms with E-state index < -0.39 is 0 Å². The fraction of sp³-hybridized carbons (Fsp3) is 0.353. The summed E-state index contributed by atoms with van der Waals surface area (Å²) in [5.74, 6) is 1.11. The van der Waals surface area contributed by atoms with Crippen LogP contribution in [0.4, 0.5) is 17.3 Å². The maximum atomic E-state index is 12.5. The second-order valence-corrected chi connectivity index (χ2v) is 7.04. The van der Waals surface area contributed by atoms with Crippen molar-refractivity contribution >= 4 is 46.4 Å². The van der Waals surface area contributed by atoms with Crippen molar-refractivity contribution in [2.45, 2.75) is 18.9 Å². The highest BCUT2D eigenvalue weighted by atomic mass is 35.5. The van der Waals surface area contributed by atoms with Crippen molar-refractivity contribution < 1.29 is 4.79 Å². The normalized spacial score (nSPS) is 17.0. The Hall–Kier alpha value is -2.25. The monoisotopic (exact) mass is 394 g/mol. The van der Waals surface area contributed by atoms with Crippen molar-refractivity contribution in [3.8, 4) is 0 Å². The van der Waals surface area contributed by atoms with Gasteiger partial charge in [0.25, 0.3) is 0 Å². The molecule has 0 saturated carbocycles. The molecule has 0 bridgehead atoms. The summed E-state index contributed by atoms with van der Waals surface area (Å²) in [5, 5.41) is 7.45. The number of nitrogens with two attached hydrogens (primary N) is 1. The highest BCUT2D eigenvalue weighted by Crippen LogP contribution is 2.22. The van der Waals surface area contributed by atoms with Crippen LogP contribution in [0.2, 0.25) is 10.0 Å². The van der Waals surface area contributed by atoms with Crippen molar-refractivity contribution in [3.63, 3.8) is 0 Å². The summed E-state index contributed by atoms with van der Waals surface area (Å²) in [7, 11) is 0. The summed E-state index contributed by atoms with van der Waals surface area (Å²) in [6.07, 6.45) is 3.31. The quantitative estimate of drug-likeness (QED) is 0.721. The molecule has 0 radical (unpaired) electrons. The Morgan fingerprint density at radius 1 is 1.23 bits per heavy atom. The first-order valence-corrected chi connectivity index (χ1v) is 9.07. The summed E-state index contributed by atoms with van der Waals surface area (Å²) in [6, 6.07) is 6.94. The van der Waals surface area contributed by atoms with Gasteiger partial charge in [0.15, 0.2) is 0 Å². The number of amides is 1. The predicted octanol–water partition coefficient (Wildman–Crippen LogP) is 2.88. The van der Waals surface area contributed by atoms with Gasteiger partial charge in [-0.1, -0.05) is 23.2 Å². The lowest BCUT2D eigenvalue weighted by molar-refractivity contribution is -0.130. The minimum atomic E-state index is 0.0230. The molecule has 9 heteroatoms. The summed E-state index contributed by atoms with van der Waals surface area (Å²) in [5.41, 5.74) is 6.39. The van der Waals surface area contributed by atoms with Gasteiger partial charge >= 0.3 is 0 Å². The minimum absolute atomic E-state index is 0.0230. The van der Waals surface area contributed by atoms with Crippen LogP contribution in [0.15, 0.2) is 30.6 Å². The smallest absolute Gasteiger partial charge is 0.241 e. The average molecular weight is 395 g/mol. The number of piperidine rings is 1. The van der Waals surface area contributed by atoms with Crippen LogP contribution in [0.3, 0.4) is 0 Å². The van der Waals surface area contributed by atoms with Crippen molar-refractivity contribution in [2.75, 3.05) is 36.0 Å². The lowest BCUT2D eigenvalue weighted by atomic mass is 10.1. The molecular formula is C17H20Cl2N6O. The number of likely N-dealkylation sites (tertiary alicyclic amines) is 1. The zero-order valence-electron chi connectivity index (χ0n) is 14.1. The number of nitrogen functional groups attached to an aromatic ring is 1. The van der Waals surface area contributed by atoms with Gasteiger partial charge in [0, 0.05) is 40.9 Å². The predicted molar refractivity (Wildman–Crippen MR) is 105 cm³/mol. The highest BCUT2D eigenvalue weighted by molar-refractivity contribution is 6.35. The lowest BCUT2D eigenvalue weighted by Crippen LogP contribution is -2.47. The molecule has 0 spiro atoms. The largest absolute Gasteiger partial charge is 0.384 e. The number of benzene rings is 1. The van der Waals surface area contributed by atoms with Crippen LogP contribution in [0, 0.1) is 0 Å². The Balaban J connectivity index is 1.54. The molecule has 138 valence electrons. The number of nitrogens with zero attached hydrogens (tertiary/aromatic N) is 3. The van der Waals surface area contributed by atoms with Gasteiger partial charge < -0.3 is 21.3 Å². The zero-order valence-corrected chi connectivity index (χ0v) is 15.6. The number of halogens is 2. The van der Waals surface area contributed by atoms with Crippen molar-refractivity contribution in [2.24, 2.45) is 0 Å². The molecule has 1 aromatic carbocycles. The number of anilines is 3. The fourth-order valence-corrected chi connectivity index (χ4v) is 3.45. The molecule has 3 rings (SSSR count). The van der Waals surface area contributed by atoms with Gasteiger partial charge in [0.2, 0.25) is 5.91 Å². The van der Waals surface area contributed by atoms with Crippen molar-refractivity contribution in [3.05, 3.63) is 40.6 Å². The van der Waals surface area contributed by atoms with Gasteiger partial charge in [0.05, 0.1) is 6.54 Å². The first-order valence-electron chi connectivity index (χ1n) is 8.31. The third kappa shape index (κ3) is 5.12. The molecule has 1 saturated heterocycles. The Morgan fingerprint density at radius 3 is 2.73 bits per heavy atom. The molecular weight excluding hydrogens is 375 g/mol. The van der Waals surface area contributed by atoms with Gasteiger partial charge in [-0.05, 0) is 31.0 Å². The van der Waals surface area contributed by atoms with Crippen molar-refractivity contribution in [1.82, 2.24) is 14.9 Å². The van der Waals surface area contributed by atoms with E-state index in [1.54, 1.807) is 24.3 Å². The standard InChI is InChI=1S/C17H20Cl2N6O/c18-11-4-12(19)6-14(5-11)21-8-17(26)25-3-1-2-13(9-25)24-16-7-15(20)22-10-23-16/h4-7,10,13,21H,1-3,8-9H2,(H3,20,22,23,24)/t13-/m0/s1. The van der Waals surface area contributed by atoms with Crippen LogP contribution in [-0.4, -0.2) is 46.5 Å². The SMILES string of the molecule is Nc1cc(N[C@H]2CCCN(C(=O)CNc3cc(Cl)cc(Cl)c3)C2)ncn1. The highest BCUT2D eigenvalue weighted by Gasteiger charge is 2.23. The van der Waals surface area contributed by atoms with Crippen LogP contribution in [0.5, 0.6) is 0 Å². The topological polar surface area (TPSA) is 96.2 Å². The molecule has 2 heterocycles. The van der Waals surface area contributed by atoms with Gasteiger partial charge in [0.1, 0.15) is 18.0 Å². The Morgan fingerprint density at radius 2 is 2.00 bits per heavy atom. The number of carbonyl (C=O) groups is 1. The molecule has 1 amide bonds. The van der Waals surface area contributed by atoms with Gasteiger partial charge in [-0.25, -0.2) is 9.97 Å². The number of hydrogen-bond acceptors (Lipinski definition) is 6. The van der Waals surface area contributed by atoms with Crippen LogP contribution in [0.25, 0.3) is 0 Å². The maximum Gasteiger partial charge on any atom is 0.241 e. The lowest BCUT2D eigenvalue weighted by Gasteiger charge is -2.33. The maximum absolute atomic E-state index is 12.5. The first-order chi connectivity index (χ1) is 12.5. The van der Waals surface area contributed by atoms with E-state index in [2.05, 4.69) is 20.6 Å². The summed E-state index contributed by atoms with van der Waals surface area (Å²) in [4.78, 5) is 22.4. The Labute approximate surface area is 161 Å². The summed E-state index contributed by atoms with van der Waals surface area (Å²) < 4.78 is 0. The minimum Gasteiger partial charge on any atom is -0.384 e. The van der Waals surface area contributed by atoms with Gasteiger partial charge in [-0.2, -0.15) is 0 Å². The van der Waals surface area contributed by atoms with E-state index in [0.717, 1.165) is 25.1 Å². The molecule has 1 fully saturated rings. The number of rotatable bonds is 5. The second kappa shape index (κ2) is 8.42. The molecule has 7 nitrogen and oxygen atoms in total. The van der Waals surface area contributed by atoms with E-state index in [1.165, 1.54) is 6.33 Å². The molecule has 2 aromatic rings. The Kier molecular flexibility index (Phi) is 6.00. The van der Waals surface area contributed by atoms with E-state index in [-0.39, 0.29) is 18.5 Å². The van der Waals surface area contributed by atoms with E-state index >= 15 is 0 Å². The molecule has 1 aliphatic rings. The summed E-state index contributed by atoms with van der Waals surface area (Å²) in [6.45, 7) is 1.53. The van der Waals surface area contributed by atoms with E-state index in [0.29, 0.717) is 28.2 Å².